The van der Waals surface area contributed by atoms with Crippen LogP contribution in [-0.2, 0) is 9.05 Å². The molecule has 1 aliphatic heterocycles. The number of halogens is 3. The van der Waals surface area contributed by atoms with E-state index in [0.717, 1.165) is 0 Å². The van der Waals surface area contributed by atoms with E-state index in [1.807, 2.05) is 0 Å². The summed E-state index contributed by atoms with van der Waals surface area (Å²) in [7, 11) is -4.66. The normalized spacial score (nSPS) is 52.0. The van der Waals surface area contributed by atoms with E-state index in [9.17, 15) is 13.0 Å². The van der Waals surface area contributed by atoms with Crippen LogP contribution in [0.4, 0.5) is 13.0 Å². The van der Waals surface area contributed by atoms with E-state index in [1.165, 1.54) is 0 Å². The Kier molecular flexibility index (Phi) is 1.65. The molecule has 0 bridgehead atoms. The van der Waals surface area contributed by atoms with Crippen LogP contribution in [0.15, 0.2) is 0 Å². The Morgan fingerprint density at radius 1 is 1.22 bits per heavy atom. The van der Waals surface area contributed by atoms with Crippen LogP contribution in [0, 0.1) is 0 Å². The van der Waals surface area contributed by atoms with Gasteiger partial charge in [0.1, 0.15) is 0 Å². The summed E-state index contributed by atoms with van der Waals surface area (Å²) in [6.45, 7) is 0. The van der Waals surface area contributed by atoms with Gasteiger partial charge in [-0.15, -0.1) is 9.05 Å². The van der Waals surface area contributed by atoms with Gasteiger partial charge in [0.15, 0.2) is 0 Å². The van der Waals surface area contributed by atoms with E-state index < -0.39 is 21.0 Å². The van der Waals surface area contributed by atoms with E-state index in [0.29, 0.717) is 0 Å². The van der Waals surface area contributed by atoms with Gasteiger partial charge in [0, 0.05) is 4.20 Å². The number of hydrogen-bond acceptors (Lipinski definition) is 3. The van der Waals surface area contributed by atoms with Gasteiger partial charge in [-0.3, -0.25) is 0 Å². The third kappa shape index (κ3) is 1.52. The van der Waals surface area contributed by atoms with Crippen molar-refractivity contribution in [3.05, 3.63) is 0 Å². The molecule has 1 heterocycles. The molecule has 0 radical (unpaired) electrons. The molecule has 1 aliphatic rings. The predicted molar refractivity (Wildman–Crippen MR) is 22.2 cm³/mol. The molecule has 0 spiro atoms. The number of alkyl halides is 2. The first-order valence-electron chi connectivity index (χ1n) is 1.98. The van der Waals surface area contributed by atoms with Crippen LogP contribution in [0.2, 0.25) is 0 Å². The molecule has 2 unspecified atom stereocenters. The molecule has 0 aromatic rings. The van der Waals surface area contributed by atoms with Crippen LogP contribution in [0.5, 0.6) is 0 Å². The van der Waals surface area contributed by atoms with Gasteiger partial charge in [-0.25, -0.2) is 8.78 Å². The topological polar surface area (TPSA) is 38.7 Å². The SMILES string of the molecule is O[P+]1(F)OC(F)C(F)O1. The lowest BCUT2D eigenvalue weighted by Gasteiger charge is -1.89. The van der Waals surface area contributed by atoms with Crippen molar-refractivity contribution in [2.45, 2.75) is 12.7 Å². The highest BCUT2D eigenvalue weighted by Crippen LogP contribution is 2.65. The van der Waals surface area contributed by atoms with Crippen LogP contribution in [-0.4, -0.2) is 17.6 Å². The van der Waals surface area contributed by atoms with Gasteiger partial charge >= 0.3 is 21.0 Å². The molecule has 0 aromatic carbocycles. The van der Waals surface area contributed by atoms with Crippen molar-refractivity contribution in [3.63, 3.8) is 0 Å². The van der Waals surface area contributed by atoms with Gasteiger partial charge in [-0.05, 0) is 0 Å². The van der Waals surface area contributed by atoms with Crippen molar-refractivity contribution in [1.82, 2.24) is 0 Å². The number of hydrogen-bond donors (Lipinski definition) is 1. The van der Waals surface area contributed by atoms with Crippen molar-refractivity contribution in [2.75, 3.05) is 0 Å². The summed E-state index contributed by atoms with van der Waals surface area (Å²) >= 11 is 0. The summed E-state index contributed by atoms with van der Waals surface area (Å²) in [6.07, 6.45) is -5.01. The van der Waals surface area contributed by atoms with E-state index in [4.69, 9.17) is 4.89 Å². The molecule has 7 heteroatoms. The average molecular weight is 163 g/mol. The van der Waals surface area contributed by atoms with Gasteiger partial charge in [0.2, 0.25) is 0 Å². The molecule has 2 atom stereocenters. The molecular weight excluding hydrogens is 160 g/mol. The van der Waals surface area contributed by atoms with Gasteiger partial charge in [-0.1, -0.05) is 0 Å². The Morgan fingerprint density at radius 2 is 1.56 bits per heavy atom. The minimum absolute atomic E-state index is 2.51. The van der Waals surface area contributed by atoms with E-state index in [1.54, 1.807) is 0 Å². The predicted octanol–water partition coefficient (Wildman–Crippen LogP) is 1.26. The maximum atomic E-state index is 11.9. The highest BCUT2D eigenvalue weighted by atomic mass is 31.3. The van der Waals surface area contributed by atoms with Gasteiger partial charge < -0.3 is 0 Å². The Labute approximate surface area is 49.1 Å². The number of rotatable bonds is 0. The van der Waals surface area contributed by atoms with E-state index in [-0.39, 0.29) is 0 Å². The first-order valence-corrected chi connectivity index (χ1v) is 3.44. The molecule has 1 N–H and O–H groups in total. The first-order chi connectivity index (χ1) is 4.01. The van der Waals surface area contributed by atoms with Crippen molar-refractivity contribution >= 4 is 8.25 Å². The van der Waals surface area contributed by atoms with Crippen molar-refractivity contribution in [2.24, 2.45) is 0 Å². The van der Waals surface area contributed by atoms with Crippen LogP contribution < -0.4 is 0 Å². The quantitative estimate of drug-likeness (QED) is 0.546. The standard InChI is InChI=1S/C2H3F3O3P/c3-1-2(4)8-9(5,6)7-1/h1-2,6H/q+1. The fourth-order valence-corrected chi connectivity index (χ4v) is 1.11. The minimum Gasteiger partial charge on any atom is -0.205 e. The Morgan fingerprint density at radius 3 is 1.67 bits per heavy atom. The van der Waals surface area contributed by atoms with Crippen LogP contribution in [0.1, 0.15) is 0 Å². The molecule has 1 saturated heterocycles. The third-order valence-electron chi connectivity index (χ3n) is 0.667. The highest BCUT2D eigenvalue weighted by Gasteiger charge is 2.60. The lowest BCUT2D eigenvalue weighted by atomic mass is 10.7. The lowest BCUT2D eigenvalue weighted by molar-refractivity contribution is -0.0349. The second-order valence-corrected chi connectivity index (χ2v) is 2.69. The van der Waals surface area contributed by atoms with Crippen molar-refractivity contribution in [1.29, 1.82) is 0 Å². The second kappa shape index (κ2) is 2.05. The summed E-state index contributed by atoms with van der Waals surface area (Å²) in [5.74, 6) is 0. The zero-order valence-corrected chi connectivity index (χ0v) is 4.89. The van der Waals surface area contributed by atoms with Crippen LogP contribution in [0.3, 0.4) is 0 Å². The Balaban J connectivity index is 2.54. The highest BCUT2D eigenvalue weighted by molar-refractivity contribution is 7.55. The van der Waals surface area contributed by atoms with Crippen LogP contribution in [0.25, 0.3) is 0 Å². The fraction of sp³-hybridized carbons (Fsp3) is 1.00. The molecule has 0 saturated carbocycles. The maximum Gasteiger partial charge on any atom is 0.627 e. The lowest BCUT2D eigenvalue weighted by Crippen LogP contribution is -2.09. The zero-order chi connectivity index (χ0) is 7.07. The summed E-state index contributed by atoms with van der Waals surface area (Å²) < 4.78 is 42.1. The minimum atomic E-state index is -4.66. The first kappa shape index (κ1) is 7.21. The largest absolute Gasteiger partial charge is 0.627 e. The Bertz CT molecular complexity index is 108. The summed E-state index contributed by atoms with van der Waals surface area (Å²) in [5, 5.41) is 0. The second-order valence-electron chi connectivity index (χ2n) is 1.36. The third-order valence-corrected chi connectivity index (χ3v) is 1.59. The molecular formula is C2H3F3O3P+. The Hall–Kier alpha value is 0.100. The van der Waals surface area contributed by atoms with E-state index in [2.05, 4.69) is 9.05 Å². The van der Waals surface area contributed by atoms with Crippen molar-refractivity contribution in [3.8, 4) is 0 Å². The molecule has 3 nitrogen and oxygen atoms in total. The monoisotopic (exact) mass is 163 g/mol. The van der Waals surface area contributed by atoms with Crippen molar-refractivity contribution < 1.29 is 26.9 Å². The molecule has 0 aromatic heterocycles. The van der Waals surface area contributed by atoms with Gasteiger partial charge in [0.25, 0.3) is 0 Å². The summed E-state index contributed by atoms with van der Waals surface area (Å²) in [4.78, 5) is 8.06. The molecule has 1 rings (SSSR count). The molecule has 54 valence electrons. The molecule has 9 heavy (non-hydrogen) atoms. The van der Waals surface area contributed by atoms with Gasteiger partial charge in [-0.2, -0.15) is 4.89 Å². The summed E-state index contributed by atoms with van der Waals surface area (Å²) in [6, 6.07) is 0. The molecule has 0 aliphatic carbocycles. The van der Waals surface area contributed by atoms with Crippen LogP contribution >= 0.6 is 8.25 Å². The maximum absolute atomic E-state index is 11.9. The zero-order valence-electron chi connectivity index (χ0n) is 4.00. The fourth-order valence-electron chi connectivity index (χ4n) is 0.369. The van der Waals surface area contributed by atoms with Gasteiger partial charge in [0.05, 0.1) is 0 Å². The smallest absolute Gasteiger partial charge is 0.205 e. The van der Waals surface area contributed by atoms with E-state index >= 15 is 0 Å². The molecule has 0 amide bonds. The summed E-state index contributed by atoms with van der Waals surface area (Å²) in [5.41, 5.74) is 0. The average Bonchev–Trinajstić information content (AvgIpc) is 1.79. The molecule has 1 fully saturated rings.